The Labute approximate surface area is 74.3 Å². The van der Waals surface area contributed by atoms with Crippen molar-refractivity contribution in [3.63, 3.8) is 0 Å². The van der Waals surface area contributed by atoms with Gasteiger partial charge in [-0.05, 0) is 17.7 Å². The largest absolute Gasteiger partial charge is 0.374 e. The summed E-state index contributed by atoms with van der Waals surface area (Å²) in [4.78, 5) is 3.77. The Morgan fingerprint density at radius 2 is 2.33 bits per heavy atom. The van der Waals surface area contributed by atoms with Crippen molar-refractivity contribution < 1.29 is 9.13 Å². The molecular formula is C8H7ClFNO. The maximum Gasteiger partial charge on any atom is 0.182 e. The fourth-order valence-electron chi connectivity index (χ4n) is 1.13. The molecule has 0 unspecified atom stereocenters. The average Bonchev–Trinajstić information content (AvgIpc) is 2.00. The van der Waals surface area contributed by atoms with Crippen molar-refractivity contribution in [3.05, 3.63) is 29.0 Å². The van der Waals surface area contributed by atoms with Crippen LogP contribution in [0.15, 0.2) is 18.3 Å². The van der Waals surface area contributed by atoms with Gasteiger partial charge in [-0.1, -0.05) is 11.6 Å². The van der Waals surface area contributed by atoms with Gasteiger partial charge in [0.15, 0.2) is 5.67 Å². The molecule has 64 valence electrons. The summed E-state index contributed by atoms with van der Waals surface area (Å²) in [5, 5.41) is 0.316. The number of halogens is 2. The summed E-state index contributed by atoms with van der Waals surface area (Å²) in [5.74, 6) is 0. The predicted molar refractivity (Wildman–Crippen MR) is 42.9 cm³/mol. The van der Waals surface area contributed by atoms with E-state index in [1.165, 1.54) is 12.3 Å². The Kier molecular flexibility index (Phi) is 1.77. The summed E-state index contributed by atoms with van der Waals surface area (Å²) in [5.41, 5.74) is -0.791. The Morgan fingerprint density at radius 1 is 1.58 bits per heavy atom. The fraction of sp³-hybridized carbons (Fsp3) is 0.375. The molecule has 0 amide bonds. The lowest BCUT2D eigenvalue weighted by atomic mass is 9.95. The highest BCUT2D eigenvalue weighted by Crippen LogP contribution is 2.34. The SMILES string of the molecule is FC1(c2ccnc(Cl)c2)COC1. The van der Waals surface area contributed by atoms with Gasteiger partial charge >= 0.3 is 0 Å². The zero-order valence-electron chi connectivity index (χ0n) is 6.26. The van der Waals surface area contributed by atoms with E-state index in [-0.39, 0.29) is 13.2 Å². The molecule has 2 nitrogen and oxygen atoms in total. The summed E-state index contributed by atoms with van der Waals surface area (Å²) >= 11 is 5.61. The minimum Gasteiger partial charge on any atom is -0.374 e. The molecule has 0 aliphatic carbocycles. The minimum atomic E-state index is -1.34. The maximum absolute atomic E-state index is 13.6. The normalized spacial score (nSPS) is 20.2. The van der Waals surface area contributed by atoms with Crippen LogP contribution in [0.3, 0.4) is 0 Å². The molecule has 0 bridgehead atoms. The van der Waals surface area contributed by atoms with E-state index in [0.29, 0.717) is 10.7 Å². The van der Waals surface area contributed by atoms with Gasteiger partial charge < -0.3 is 4.74 Å². The molecule has 0 saturated carbocycles. The van der Waals surface area contributed by atoms with Gasteiger partial charge in [-0.3, -0.25) is 0 Å². The number of hydrogen-bond donors (Lipinski definition) is 0. The third-order valence-corrected chi connectivity index (χ3v) is 2.11. The molecule has 0 atom stereocenters. The molecule has 4 heteroatoms. The van der Waals surface area contributed by atoms with Gasteiger partial charge in [0.1, 0.15) is 5.15 Å². The number of aromatic nitrogens is 1. The van der Waals surface area contributed by atoms with E-state index >= 15 is 0 Å². The molecule has 1 aromatic rings. The van der Waals surface area contributed by atoms with E-state index < -0.39 is 5.67 Å². The van der Waals surface area contributed by atoms with Gasteiger partial charge in [0.25, 0.3) is 0 Å². The second kappa shape index (κ2) is 2.68. The zero-order valence-corrected chi connectivity index (χ0v) is 7.01. The van der Waals surface area contributed by atoms with E-state index in [4.69, 9.17) is 16.3 Å². The van der Waals surface area contributed by atoms with E-state index in [1.54, 1.807) is 6.07 Å². The summed E-state index contributed by atoms with van der Waals surface area (Å²) in [6.07, 6.45) is 1.50. The fourth-order valence-corrected chi connectivity index (χ4v) is 1.30. The van der Waals surface area contributed by atoms with Crippen molar-refractivity contribution in [1.82, 2.24) is 4.98 Å². The van der Waals surface area contributed by atoms with Crippen LogP contribution in [0.4, 0.5) is 4.39 Å². The molecule has 2 rings (SSSR count). The smallest absolute Gasteiger partial charge is 0.182 e. The van der Waals surface area contributed by atoms with Crippen LogP contribution in [0.25, 0.3) is 0 Å². The molecule has 1 saturated heterocycles. The van der Waals surface area contributed by atoms with Gasteiger partial charge in [-0.25, -0.2) is 9.37 Å². The molecule has 1 aromatic heterocycles. The lowest BCUT2D eigenvalue weighted by Crippen LogP contribution is -2.42. The summed E-state index contributed by atoms with van der Waals surface area (Å²) in [7, 11) is 0. The number of ether oxygens (including phenoxy) is 1. The third-order valence-electron chi connectivity index (χ3n) is 1.91. The molecular weight excluding hydrogens is 181 g/mol. The number of hydrogen-bond acceptors (Lipinski definition) is 2. The highest BCUT2D eigenvalue weighted by molar-refractivity contribution is 6.29. The van der Waals surface area contributed by atoms with Crippen LogP contribution in [0.5, 0.6) is 0 Å². The van der Waals surface area contributed by atoms with Gasteiger partial charge in [-0.15, -0.1) is 0 Å². The summed E-state index contributed by atoms with van der Waals surface area (Å²) in [6, 6.07) is 3.15. The van der Waals surface area contributed by atoms with Crippen LogP contribution >= 0.6 is 11.6 Å². The highest BCUT2D eigenvalue weighted by atomic mass is 35.5. The van der Waals surface area contributed by atoms with Crippen molar-refractivity contribution in [2.45, 2.75) is 5.67 Å². The van der Waals surface area contributed by atoms with Crippen molar-refractivity contribution in [2.24, 2.45) is 0 Å². The molecule has 0 N–H and O–H groups in total. The van der Waals surface area contributed by atoms with Crippen molar-refractivity contribution in [3.8, 4) is 0 Å². The van der Waals surface area contributed by atoms with Gasteiger partial charge in [0, 0.05) is 6.20 Å². The first-order valence-electron chi connectivity index (χ1n) is 3.59. The van der Waals surface area contributed by atoms with Crippen LogP contribution in [-0.2, 0) is 10.4 Å². The zero-order chi connectivity index (χ0) is 8.60. The Bertz CT molecular complexity index is 301. The molecule has 1 fully saturated rings. The molecule has 0 radical (unpaired) electrons. The third kappa shape index (κ3) is 1.19. The standard InChI is InChI=1S/C8H7ClFNO/c9-7-3-6(1-2-11-7)8(10)4-12-5-8/h1-3H,4-5H2. The quantitative estimate of drug-likeness (QED) is 0.627. The van der Waals surface area contributed by atoms with Crippen molar-refractivity contribution in [1.29, 1.82) is 0 Å². The monoisotopic (exact) mass is 187 g/mol. The topological polar surface area (TPSA) is 22.1 Å². The minimum absolute atomic E-state index is 0.118. The summed E-state index contributed by atoms with van der Waals surface area (Å²) < 4.78 is 18.4. The average molecular weight is 188 g/mol. The van der Waals surface area contributed by atoms with Gasteiger partial charge in [0.2, 0.25) is 0 Å². The Morgan fingerprint density at radius 3 is 2.83 bits per heavy atom. The summed E-state index contributed by atoms with van der Waals surface area (Å²) in [6.45, 7) is 0.237. The van der Waals surface area contributed by atoms with Crippen LogP contribution in [0.1, 0.15) is 5.56 Å². The van der Waals surface area contributed by atoms with E-state index in [0.717, 1.165) is 0 Å². The number of nitrogens with zero attached hydrogens (tertiary/aromatic N) is 1. The van der Waals surface area contributed by atoms with Crippen molar-refractivity contribution in [2.75, 3.05) is 13.2 Å². The van der Waals surface area contributed by atoms with Gasteiger partial charge in [0.05, 0.1) is 13.2 Å². The Hall–Kier alpha value is -0.670. The molecule has 1 aliphatic rings. The highest BCUT2D eigenvalue weighted by Gasteiger charge is 2.40. The van der Waals surface area contributed by atoms with Gasteiger partial charge in [-0.2, -0.15) is 0 Å². The first kappa shape index (κ1) is 7.95. The van der Waals surface area contributed by atoms with Crippen LogP contribution < -0.4 is 0 Å². The van der Waals surface area contributed by atoms with E-state index in [9.17, 15) is 4.39 Å². The Balaban J connectivity index is 2.33. The van der Waals surface area contributed by atoms with Crippen LogP contribution in [-0.4, -0.2) is 18.2 Å². The number of rotatable bonds is 1. The van der Waals surface area contributed by atoms with E-state index in [1.807, 2.05) is 0 Å². The van der Waals surface area contributed by atoms with Crippen LogP contribution in [0.2, 0.25) is 5.15 Å². The van der Waals surface area contributed by atoms with Crippen LogP contribution in [0, 0.1) is 0 Å². The maximum atomic E-state index is 13.6. The molecule has 0 spiro atoms. The molecule has 12 heavy (non-hydrogen) atoms. The van der Waals surface area contributed by atoms with E-state index in [2.05, 4.69) is 4.98 Å². The van der Waals surface area contributed by atoms with Crippen molar-refractivity contribution >= 4 is 11.6 Å². The molecule has 1 aliphatic heterocycles. The molecule has 2 heterocycles. The second-order valence-corrected chi connectivity index (χ2v) is 3.21. The molecule has 0 aromatic carbocycles. The first-order valence-corrected chi connectivity index (χ1v) is 3.97. The predicted octanol–water partition coefficient (Wildman–Crippen LogP) is 1.93. The number of pyridine rings is 1. The lowest BCUT2D eigenvalue weighted by Gasteiger charge is -2.33. The number of alkyl halides is 1. The second-order valence-electron chi connectivity index (χ2n) is 2.83. The lowest BCUT2D eigenvalue weighted by molar-refractivity contribution is -0.135. The first-order chi connectivity index (χ1) is 5.71.